The molecule has 60 heavy (non-hydrogen) atoms. The molecule has 0 saturated carbocycles. The Balaban J connectivity index is -0.000000211. The lowest BCUT2D eigenvalue weighted by atomic mass is 10.0. The van der Waals surface area contributed by atoms with E-state index >= 15 is 0 Å². The number of nitrogens with zero attached hydrogens (tertiary/aromatic N) is 5. The van der Waals surface area contributed by atoms with Crippen LogP contribution >= 0.6 is 0 Å². The average Bonchev–Trinajstić information content (AvgIpc) is 3.13. The van der Waals surface area contributed by atoms with Crippen LogP contribution in [0.3, 0.4) is 0 Å². The number of guanidine groups is 5. The van der Waals surface area contributed by atoms with Crippen molar-refractivity contribution in [2.24, 2.45) is 112 Å². The molecule has 0 aliphatic carbocycles. The number of ketones is 5. The highest BCUT2D eigenvalue weighted by atomic mass is 16.1. The number of aliphatic imine (C=N–C) groups is 5. The molecule has 0 amide bonds. The van der Waals surface area contributed by atoms with E-state index in [1.165, 1.54) is 0 Å². The Bertz CT molecular complexity index is 1320. The molecule has 20 nitrogen and oxygen atoms in total. The van der Waals surface area contributed by atoms with Crippen LogP contribution in [0.15, 0.2) is 25.0 Å². The Morgan fingerprint density at radius 3 is 0.867 bits per heavy atom. The van der Waals surface area contributed by atoms with Gasteiger partial charge in [-0.1, -0.05) is 75.7 Å². The third-order valence-electron chi connectivity index (χ3n) is 7.67. The summed E-state index contributed by atoms with van der Waals surface area (Å²) in [6.45, 7) is 21.1. The third kappa shape index (κ3) is 57.0. The van der Waals surface area contributed by atoms with Crippen LogP contribution in [0.2, 0.25) is 0 Å². The predicted molar refractivity (Wildman–Crippen MR) is 249 cm³/mol. The largest absolute Gasteiger partial charge is 0.370 e. The number of hydrogen-bond donors (Lipinski definition) is 10. The van der Waals surface area contributed by atoms with Gasteiger partial charge in [-0.2, -0.15) is 0 Å². The Labute approximate surface area is 360 Å². The van der Waals surface area contributed by atoms with Crippen LogP contribution in [-0.2, 0) is 24.0 Å². The monoisotopic (exact) mass is 856 g/mol. The molecular formula is C40H85N15O5. The fourth-order valence-electron chi connectivity index (χ4n) is 3.68. The lowest BCUT2D eigenvalue weighted by Gasteiger charge is -2.02. The molecule has 0 radical (unpaired) electrons. The molecule has 0 aromatic heterocycles. The summed E-state index contributed by atoms with van der Waals surface area (Å²) in [5.41, 5.74) is 51.0. The zero-order valence-electron chi connectivity index (χ0n) is 38.5. The summed E-state index contributed by atoms with van der Waals surface area (Å²) in [6, 6.07) is 0. The molecule has 0 fully saturated rings. The van der Waals surface area contributed by atoms with Crippen molar-refractivity contribution in [2.45, 2.75) is 133 Å². The van der Waals surface area contributed by atoms with E-state index in [1.807, 2.05) is 69.2 Å². The quantitative estimate of drug-likeness (QED) is 0.0352. The molecular weight excluding hydrogens is 771 g/mol. The molecule has 0 spiro atoms. The van der Waals surface area contributed by atoms with Crippen molar-refractivity contribution in [3.63, 3.8) is 0 Å². The number of carbonyl (C=O) groups excluding carboxylic acids is 5. The van der Waals surface area contributed by atoms with Gasteiger partial charge in [-0.15, -0.1) is 0 Å². The van der Waals surface area contributed by atoms with Crippen LogP contribution in [0, 0.1) is 29.6 Å². The van der Waals surface area contributed by atoms with Crippen molar-refractivity contribution in [3.8, 4) is 0 Å². The van der Waals surface area contributed by atoms with Crippen molar-refractivity contribution >= 4 is 58.7 Å². The van der Waals surface area contributed by atoms with Crippen LogP contribution in [0.4, 0.5) is 0 Å². The van der Waals surface area contributed by atoms with E-state index in [2.05, 4.69) is 25.0 Å². The molecule has 20 heteroatoms. The van der Waals surface area contributed by atoms with Crippen molar-refractivity contribution in [3.05, 3.63) is 0 Å². The molecule has 0 atom stereocenters. The summed E-state index contributed by atoms with van der Waals surface area (Å²) < 4.78 is 0. The molecule has 0 saturated heterocycles. The van der Waals surface area contributed by atoms with Crippen LogP contribution in [0.5, 0.6) is 0 Å². The summed E-state index contributed by atoms with van der Waals surface area (Å²) in [4.78, 5) is 74.0. The summed E-state index contributed by atoms with van der Waals surface area (Å²) >= 11 is 0. The second-order valence-electron chi connectivity index (χ2n) is 15.2. The highest BCUT2D eigenvalue weighted by Gasteiger charge is 2.08. The van der Waals surface area contributed by atoms with Crippen LogP contribution in [0.1, 0.15) is 133 Å². The van der Waals surface area contributed by atoms with Gasteiger partial charge in [0.1, 0.15) is 29.7 Å². The van der Waals surface area contributed by atoms with E-state index in [0.717, 1.165) is 38.5 Å². The number of unbranched alkanes of at least 4 members (excludes halogenated alkanes) is 3. The maximum Gasteiger partial charge on any atom is 0.186 e. The van der Waals surface area contributed by atoms with E-state index in [4.69, 9.17) is 57.3 Å². The molecule has 0 aliphatic rings. The minimum absolute atomic E-state index is 0.00287. The highest BCUT2D eigenvalue weighted by Crippen LogP contribution is 2.06. The molecule has 20 N–H and O–H groups in total. The van der Waals surface area contributed by atoms with Crippen LogP contribution in [0.25, 0.3) is 0 Å². The summed E-state index contributed by atoms with van der Waals surface area (Å²) in [6.07, 6.45) is 7.68. The standard InChI is InChI=1S/C10H21N3O.C9H19N3O.C8H17N3O.C7H15N3O.C6H13N3O/c1-8(2)9(14)6-4-3-5-7-13-10(11)12;1-7(2)8(13)5-3-4-6-12-9(10)11;1-6(2)7(12)4-3-5-11-8(9)10;1-5(2)6(11)3-4-10-7(8)9;1-4(2)5(10)3-9-6(7)8/h8H,3-7H2,1-2H3,(H4,11,12,13);7H,3-6H2,1-2H3,(H4,10,11,12);6H,3-5H2,1-2H3,(H4,9,10,11);5H,3-4H2,1-2H3,(H4,8,9,10);4H,3H2,1-2H3,(H4,7,8,9). The third-order valence-corrected chi connectivity index (χ3v) is 7.67. The summed E-state index contributed by atoms with van der Waals surface area (Å²) in [5, 5.41) is 0. The molecule has 0 bridgehead atoms. The van der Waals surface area contributed by atoms with Gasteiger partial charge >= 0.3 is 0 Å². The smallest absolute Gasteiger partial charge is 0.186 e. The van der Waals surface area contributed by atoms with E-state index in [1.54, 1.807) is 0 Å². The first-order valence-corrected chi connectivity index (χ1v) is 20.6. The minimum atomic E-state index is -0.0333. The predicted octanol–water partition coefficient (Wildman–Crippen LogP) is 1.33. The van der Waals surface area contributed by atoms with Gasteiger partial charge in [-0.05, 0) is 32.1 Å². The summed E-state index contributed by atoms with van der Waals surface area (Å²) in [5.74, 6) is 2.01. The number of hydrogen-bond acceptors (Lipinski definition) is 10. The number of Topliss-reactive ketones (excluding diaryl/α,β-unsaturated/α-hetero) is 5. The number of nitrogens with two attached hydrogens (primary N) is 10. The molecule has 0 aromatic rings. The van der Waals surface area contributed by atoms with Gasteiger partial charge in [-0.3, -0.25) is 43.9 Å². The maximum absolute atomic E-state index is 11.2. The SMILES string of the molecule is CC(C)C(=O)CCCCCN=C(N)N.CC(C)C(=O)CCCCN=C(N)N.CC(C)C(=O)CCCN=C(N)N.CC(C)C(=O)CCN=C(N)N.CC(C)C(=O)CN=C(N)N. The Kier molecular flexibility index (Phi) is 44.5. The minimum Gasteiger partial charge on any atom is -0.370 e. The van der Waals surface area contributed by atoms with Crippen LogP contribution < -0.4 is 57.3 Å². The normalized spacial score (nSPS) is 9.92. The zero-order chi connectivity index (χ0) is 47.8. The second kappa shape index (κ2) is 41.8. The molecule has 0 heterocycles. The summed E-state index contributed by atoms with van der Waals surface area (Å²) in [7, 11) is 0. The van der Waals surface area contributed by atoms with Gasteiger partial charge < -0.3 is 57.3 Å². The molecule has 350 valence electrons. The first-order chi connectivity index (χ1) is 27.7. The van der Waals surface area contributed by atoms with Gasteiger partial charge in [0, 0.05) is 81.5 Å². The number of rotatable bonds is 25. The lowest BCUT2D eigenvalue weighted by Crippen LogP contribution is -2.24. The van der Waals surface area contributed by atoms with Gasteiger partial charge in [0.2, 0.25) is 0 Å². The maximum atomic E-state index is 11.2. The van der Waals surface area contributed by atoms with Crippen molar-refractivity contribution in [1.29, 1.82) is 0 Å². The van der Waals surface area contributed by atoms with Gasteiger partial charge in [0.25, 0.3) is 0 Å². The Hall–Kier alpha value is -5.30. The van der Waals surface area contributed by atoms with Gasteiger partial charge in [-0.25, -0.2) is 4.99 Å². The molecule has 0 aliphatic heterocycles. The van der Waals surface area contributed by atoms with E-state index < -0.39 is 0 Å². The van der Waals surface area contributed by atoms with Crippen molar-refractivity contribution < 1.29 is 24.0 Å². The first-order valence-electron chi connectivity index (χ1n) is 20.6. The number of carbonyl (C=O) groups is 5. The molecule has 0 unspecified atom stereocenters. The Morgan fingerprint density at radius 1 is 0.300 bits per heavy atom. The zero-order valence-corrected chi connectivity index (χ0v) is 38.5. The van der Waals surface area contributed by atoms with E-state index in [-0.39, 0.29) is 83.3 Å². The van der Waals surface area contributed by atoms with Gasteiger partial charge in [0.15, 0.2) is 35.6 Å². The second-order valence-corrected chi connectivity index (χ2v) is 15.2. The molecule has 0 aromatic carbocycles. The highest BCUT2D eigenvalue weighted by molar-refractivity contribution is 5.86. The van der Waals surface area contributed by atoms with E-state index in [9.17, 15) is 24.0 Å². The first kappa shape index (κ1) is 63.9. The fourth-order valence-corrected chi connectivity index (χ4v) is 3.68. The van der Waals surface area contributed by atoms with Gasteiger partial charge in [0.05, 0.1) is 0 Å². The van der Waals surface area contributed by atoms with E-state index in [0.29, 0.717) is 63.4 Å². The van der Waals surface area contributed by atoms with Crippen molar-refractivity contribution in [2.75, 3.05) is 32.7 Å². The topological polar surface area (TPSA) is 407 Å². The fraction of sp³-hybridized carbons (Fsp3) is 0.750. The molecule has 0 rings (SSSR count). The average molecular weight is 856 g/mol. The van der Waals surface area contributed by atoms with Crippen molar-refractivity contribution in [1.82, 2.24) is 0 Å². The Morgan fingerprint density at radius 2 is 0.550 bits per heavy atom. The van der Waals surface area contributed by atoms with Crippen LogP contribution in [-0.4, -0.2) is 91.4 Å². The lowest BCUT2D eigenvalue weighted by molar-refractivity contribution is -0.122.